The van der Waals surface area contributed by atoms with Gasteiger partial charge in [-0.05, 0) is 23.8 Å². The zero-order valence-electron chi connectivity index (χ0n) is 18.8. The monoisotopic (exact) mass is 463 g/mol. The molecule has 1 fully saturated rings. The molecule has 0 aromatic heterocycles. The van der Waals surface area contributed by atoms with Gasteiger partial charge in [0.2, 0.25) is 0 Å². The lowest BCUT2D eigenvalue weighted by molar-refractivity contribution is -0.217. The number of benzene rings is 1. The smallest absolute Gasteiger partial charge is 0.303 e. The number of carbonyl (C=O) groups excluding carboxylic acids is 5. The summed E-state index contributed by atoms with van der Waals surface area (Å²) < 4.78 is 27.2. The number of hydrogen-bond donors (Lipinski definition) is 1. The predicted molar refractivity (Wildman–Crippen MR) is 109 cm³/mol. The highest BCUT2D eigenvalue weighted by Gasteiger charge is 2.60. The first-order chi connectivity index (χ1) is 15.5. The van der Waals surface area contributed by atoms with Gasteiger partial charge in [0, 0.05) is 39.2 Å². The van der Waals surface area contributed by atoms with Crippen LogP contribution in [0.3, 0.4) is 0 Å². The maximum atomic E-state index is 12.9. The van der Waals surface area contributed by atoms with Crippen LogP contribution >= 0.6 is 0 Å². The van der Waals surface area contributed by atoms with Crippen molar-refractivity contribution in [3.8, 4) is 5.75 Å². The van der Waals surface area contributed by atoms with Crippen LogP contribution in [0.5, 0.6) is 5.75 Å². The highest BCUT2D eigenvalue weighted by Crippen LogP contribution is 2.44. The van der Waals surface area contributed by atoms with E-state index in [4.69, 9.17) is 23.7 Å². The SMILES string of the molecule is COc1ccc2c(c1)[C@@H]1[C@@H](NC2=O)[C@H](OC(C)=O)[C@H](OC(C)=O)[C@@H](OC(C)=O)[C@@H]1OC(C)=O. The van der Waals surface area contributed by atoms with Crippen molar-refractivity contribution in [3.63, 3.8) is 0 Å². The summed E-state index contributed by atoms with van der Waals surface area (Å²) in [6.07, 6.45) is -5.10. The van der Waals surface area contributed by atoms with Gasteiger partial charge in [-0.2, -0.15) is 0 Å². The molecule has 6 atom stereocenters. The number of rotatable bonds is 5. The molecular weight excluding hydrogens is 438 g/mol. The van der Waals surface area contributed by atoms with Crippen molar-refractivity contribution >= 4 is 29.8 Å². The van der Waals surface area contributed by atoms with Gasteiger partial charge in [-0.15, -0.1) is 0 Å². The zero-order valence-corrected chi connectivity index (χ0v) is 18.8. The second-order valence-corrected chi connectivity index (χ2v) is 7.77. The van der Waals surface area contributed by atoms with E-state index in [-0.39, 0.29) is 5.56 Å². The third kappa shape index (κ3) is 4.91. The normalized spacial score (nSPS) is 27.7. The van der Waals surface area contributed by atoms with Gasteiger partial charge in [0.15, 0.2) is 24.4 Å². The van der Waals surface area contributed by atoms with Crippen LogP contribution in [-0.2, 0) is 38.1 Å². The van der Waals surface area contributed by atoms with Gasteiger partial charge in [0.25, 0.3) is 5.91 Å². The molecule has 2 aliphatic rings. The molecule has 11 heteroatoms. The van der Waals surface area contributed by atoms with E-state index in [9.17, 15) is 24.0 Å². The number of esters is 4. The van der Waals surface area contributed by atoms with E-state index in [1.165, 1.54) is 14.0 Å². The maximum absolute atomic E-state index is 12.9. The summed E-state index contributed by atoms with van der Waals surface area (Å²) in [5, 5.41) is 2.77. The molecule has 178 valence electrons. The minimum atomic E-state index is -1.35. The quantitative estimate of drug-likeness (QED) is 0.488. The van der Waals surface area contributed by atoms with Crippen molar-refractivity contribution in [1.29, 1.82) is 0 Å². The summed E-state index contributed by atoms with van der Waals surface area (Å²) in [6.45, 7) is 4.59. The highest BCUT2D eigenvalue weighted by molar-refractivity contribution is 5.98. The summed E-state index contributed by atoms with van der Waals surface area (Å²) in [5.74, 6) is -3.76. The van der Waals surface area contributed by atoms with E-state index in [0.29, 0.717) is 11.3 Å². The van der Waals surface area contributed by atoms with Crippen LogP contribution in [0.4, 0.5) is 0 Å². The molecule has 0 saturated heterocycles. The van der Waals surface area contributed by atoms with Gasteiger partial charge in [-0.25, -0.2) is 0 Å². The summed E-state index contributed by atoms with van der Waals surface area (Å²) >= 11 is 0. The molecule has 0 unspecified atom stereocenters. The Kier molecular flexibility index (Phi) is 6.89. The van der Waals surface area contributed by atoms with Gasteiger partial charge < -0.3 is 29.0 Å². The lowest BCUT2D eigenvalue weighted by Gasteiger charge is -2.50. The molecular formula is C22H25NO10. The first kappa shape index (κ1) is 24.0. The van der Waals surface area contributed by atoms with E-state index < -0.39 is 66.2 Å². The van der Waals surface area contributed by atoms with E-state index in [1.54, 1.807) is 18.2 Å². The van der Waals surface area contributed by atoms with Crippen molar-refractivity contribution in [2.24, 2.45) is 0 Å². The molecule has 1 aromatic carbocycles. The first-order valence-electron chi connectivity index (χ1n) is 10.2. The van der Waals surface area contributed by atoms with Gasteiger partial charge in [0.1, 0.15) is 5.75 Å². The van der Waals surface area contributed by atoms with Gasteiger partial charge >= 0.3 is 23.9 Å². The van der Waals surface area contributed by atoms with E-state index >= 15 is 0 Å². The largest absolute Gasteiger partial charge is 0.497 e. The topological polar surface area (TPSA) is 144 Å². The summed E-state index contributed by atoms with van der Waals surface area (Å²) in [6, 6.07) is 3.77. The predicted octanol–water partition coefficient (Wildman–Crippen LogP) is 0.631. The number of hydrogen-bond acceptors (Lipinski definition) is 10. The molecule has 1 aliphatic carbocycles. The Hall–Kier alpha value is -3.63. The Balaban J connectivity index is 2.25. The molecule has 1 aromatic rings. The molecule has 3 rings (SSSR count). The molecule has 0 spiro atoms. The van der Waals surface area contributed by atoms with Crippen molar-refractivity contribution in [2.75, 3.05) is 7.11 Å². The first-order valence-corrected chi connectivity index (χ1v) is 10.2. The average molecular weight is 463 g/mol. The minimum absolute atomic E-state index is 0.281. The van der Waals surface area contributed by atoms with Crippen LogP contribution in [0.2, 0.25) is 0 Å². The third-order valence-electron chi connectivity index (χ3n) is 5.43. The van der Waals surface area contributed by atoms with Crippen LogP contribution in [0.15, 0.2) is 18.2 Å². The van der Waals surface area contributed by atoms with Crippen molar-refractivity contribution in [2.45, 2.75) is 64.1 Å². The zero-order chi connectivity index (χ0) is 24.4. The Morgan fingerprint density at radius 3 is 1.76 bits per heavy atom. The number of ether oxygens (including phenoxy) is 5. The Morgan fingerprint density at radius 1 is 0.758 bits per heavy atom. The highest BCUT2D eigenvalue weighted by atomic mass is 16.6. The number of methoxy groups -OCH3 is 1. The fourth-order valence-corrected chi connectivity index (χ4v) is 4.43. The third-order valence-corrected chi connectivity index (χ3v) is 5.43. The summed E-state index contributed by atoms with van der Waals surface area (Å²) in [7, 11) is 1.45. The molecule has 1 amide bonds. The molecule has 0 bridgehead atoms. The standard InChI is InChI=1S/C22H25NO10/c1-9(24)30-18-16-15-8-13(29-5)6-7-14(15)22(28)23-17(16)19(31-10(2)25)21(33-12(4)27)20(18)32-11(3)26/h6-8,16-21H,1-5H3,(H,23,28)/t16-,17-,18-,19+,20+,21+/m1/s1. The van der Waals surface area contributed by atoms with Crippen LogP contribution < -0.4 is 10.1 Å². The molecule has 0 radical (unpaired) electrons. The molecule has 1 heterocycles. The summed E-state index contributed by atoms with van der Waals surface area (Å²) in [4.78, 5) is 60.7. The lowest BCUT2D eigenvalue weighted by atomic mass is 9.70. The van der Waals surface area contributed by atoms with Crippen molar-refractivity contribution in [3.05, 3.63) is 29.3 Å². The fraction of sp³-hybridized carbons (Fsp3) is 0.500. The molecule has 33 heavy (non-hydrogen) atoms. The van der Waals surface area contributed by atoms with Crippen molar-refractivity contribution in [1.82, 2.24) is 5.32 Å². The van der Waals surface area contributed by atoms with Gasteiger partial charge in [-0.3, -0.25) is 24.0 Å². The Morgan fingerprint density at radius 2 is 1.24 bits per heavy atom. The Labute approximate surface area is 189 Å². The second-order valence-electron chi connectivity index (χ2n) is 7.77. The lowest BCUT2D eigenvalue weighted by Crippen LogP contribution is -2.69. The van der Waals surface area contributed by atoms with E-state index in [2.05, 4.69) is 5.32 Å². The van der Waals surface area contributed by atoms with E-state index in [0.717, 1.165) is 20.8 Å². The average Bonchev–Trinajstić information content (AvgIpc) is 2.71. The minimum Gasteiger partial charge on any atom is -0.497 e. The molecule has 1 aliphatic heterocycles. The Bertz CT molecular complexity index is 989. The van der Waals surface area contributed by atoms with Gasteiger partial charge in [-0.1, -0.05) is 0 Å². The second kappa shape index (κ2) is 9.47. The number of carbonyl (C=O) groups is 5. The fourth-order valence-electron chi connectivity index (χ4n) is 4.43. The van der Waals surface area contributed by atoms with Crippen LogP contribution in [-0.4, -0.2) is 67.4 Å². The van der Waals surface area contributed by atoms with Gasteiger partial charge in [0.05, 0.1) is 13.2 Å². The number of amides is 1. The molecule has 1 N–H and O–H groups in total. The maximum Gasteiger partial charge on any atom is 0.303 e. The molecule has 1 saturated carbocycles. The summed E-state index contributed by atoms with van der Waals surface area (Å²) in [5.41, 5.74) is 0.716. The van der Waals surface area contributed by atoms with Crippen LogP contribution in [0, 0.1) is 0 Å². The van der Waals surface area contributed by atoms with Crippen LogP contribution in [0.25, 0.3) is 0 Å². The van der Waals surface area contributed by atoms with Crippen molar-refractivity contribution < 1.29 is 47.7 Å². The molecule has 11 nitrogen and oxygen atoms in total. The van der Waals surface area contributed by atoms with Crippen LogP contribution in [0.1, 0.15) is 49.5 Å². The number of nitrogens with one attached hydrogen (secondary N) is 1. The number of fused-ring (bicyclic) bond motifs is 3. The van der Waals surface area contributed by atoms with E-state index in [1.807, 2.05) is 0 Å².